The van der Waals surface area contributed by atoms with Crippen LogP contribution in [0, 0.1) is 0 Å². The molecule has 1 aromatic carbocycles. The Balaban J connectivity index is 0.000000187. The summed E-state index contributed by atoms with van der Waals surface area (Å²) in [4.78, 5) is 0. The summed E-state index contributed by atoms with van der Waals surface area (Å²) >= 11 is 6.75. The fourth-order valence-corrected chi connectivity index (χ4v) is 0.385. The van der Waals surface area contributed by atoms with Crippen molar-refractivity contribution in [2.45, 2.75) is 0 Å². The van der Waals surface area contributed by atoms with Gasteiger partial charge < -0.3 is 0 Å². The third-order valence-electron chi connectivity index (χ3n) is 0.667. The van der Waals surface area contributed by atoms with Crippen molar-refractivity contribution >= 4 is 39.6 Å². The minimum Gasteiger partial charge on any atom is -0.0623 e. The van der Waals surface area contributed by atoms with Gasteiger partial charge in [-0.1, -0.05) is 36.4 Å². The molecule has 0 saturated heterocycles. The van der Waals surface area contributed by atoms with E-state index in [0.29, 0.717) is 11.3 Å². The van der Waals surface area contributed by atoms with Crippen LogP contribution in [-0.4, -0.2) is 11.3 Å². The first kappa shape index (κ1) is 9.70. The van der Waals surface area contributed by atoms with Crippen LogP contribution in [0.5, 0.6) is 0 Å². The molecule has 0 bridgehead atoms. The van der Waals surface area contributed by atoms with Gasteiger partial charge in [0.2, 0.25) is 0 Å². The Labute approximate surface area is 75.6 Å². The van der Waals surface area contributed by atoms with Gasteiger partial charge in [0.25, 0.3) is 0 Å². The van der Waals surface area contributed by atoms with E-state index >= 15 is 0 Å². The molecule has 9 heavy (non-hydrogen) atoms. The van der Waals surface area contributed by atoms with Crippen LogP contribution in [0.2, 0.25) is 0 Å². The monoisotopic (exact) mass is 316 g/mol. The summed E-state index contributed by atoms with van der Waals surface area (Å²) in [6.07, 6.45) is 0. The van der Waals surface area contributed by atoms with Crippen LogP contribution in [0.1, 0.15) is 0 Å². The summed E-state index contributed by atoms with van der Waals surface area (Å²) in [6, 6.07) is 12.0. The van der Waals surface area contributed by atoms with E-state index in [2.05, 4.69) is 28.2 Å². The number of hydrogen-bond acceptors (Lipinski definition) is 0. The minimum atomic E-state index is 0.500. The summed E-state index contributed by atoms with van der Waals surface area (Å²) < 4.78 is 0. The summed E-state index contributed by atoms with van der Waals surface area (Å²) in [5.41, 5.74) is 0. The fraction of sp³-hybridized carbons (Fsp3) is 0. The van der Waals surface area contributed by atoms with E-state index in [1.54, 1.807) is 0 Å². The number of halogens is 2. The first-order chi connectivity index (χ1) is 4.41. The third kappa shape index (κ3) is 8.70. The molecule has 0 amide bonds. The van der Waals surface area contributed by atoms with E-state index in [9.17, 15) is 0 Å². The molecule has 0 unspecified atom stereocenters. The van der Waals surface area contributed by atoms with Crippen LogP contribution < -0.4 is 0 Å². The van der Waals surface area contributed by atoms with Crippen molar-refractivity contribution in [3.63, 3.8) is 0 Å². The first-order valence-electron chi connectivity index (χ1n) is 2.31. The molecule has 50 valence electrons. The Morgan fingerprint density at radius 2 is 0.778 bits per heavy atom. The maximum atomic E-state index is 3.12. The first-order valence-corrected chi connectivity index (χ1v) is 10.3. The Hall–Kier alpha value is 0.699. The van der Waals surface area contributed by atoms with Crippen molar-refractivity contribution in [2.75, 3.05) is 0 Å². The number of hydrogen-bond donors (Lipinski definition) is 0. The summed E-state index contributed by atoms with van der Waals surface area (Å²) in [5, 5.41) is 0. The number of rotatable bonds is 0. The standard InChI is InChI=1S/C6H6.Br2Se/c1-2-4-6-5-3-1;1-3-2/h1-6H;. The van der Waals surface area contributed by atoms with Crippen LogP contribution in [-0.2, 0) is 0 Å². The van der Waals surface area contributed by atoms with Gasteiger partial charge in [-0.25, -0.2) is 0 Å². The molecule has 0 aliphatic rings. The van der Waals surface area contributed by atoms with Crippen molar-refractivity contribution in [3.8, 4) is 0 Å². The second-order valence-corrected chi connectivity index (χ2v) is 9.34. The summed E-state index contributed by atoms with van der Waals surface area (Å²) in [7, 11) is 0. The smallest absolute Gasteiger partial charge is 0.0623 e. The van der Waals surface area contributed by atoms with Gasteiger partial charge in [0.1, 0.15) is 0 Å². The molecular weight excluding hydrogens is 311 g/mol. The van der Waals surface area contributed by atoms with E-state index in [1.807, 2.05) is 36.4 Å². The Bertz CT molecular complexity index is 93.9. The van der Waals surface area contributed by atoms with Crippen molar-refractivity contribution in [1.29, 1.82) is 0 Å². The SMILES string of the molecule is Br[Se]Br.c1ccccc1. The average molecular weight is 317 g/mol. The molecule has 0 atom stereocenters. The Kier molecular flexibility index (Phi) is 9.38. The van der Waals surface area contributed by atoms with Gasteiger partial charge in [0.15, 0.2) is 0 Å². The van der Waals surface area contributed by atoms with E-state index in [-0.39, 0.29) is 0 Å². The zero-order valence-electron chi connectivity index (χ0n) is 4.63. The predicted molar refractivity (Wildman–Crippen MR) is 50.1 cm³/mol. The molecule has 1 rings (SSSR count). The van der Waals surface area contributed by atoms with E-state index in [0.717, 1.165) is 0 Å². The van der Waals surface area contributed by atoms with Gasteiger partial charge in [-0.2, -0.15) is 0 Å². The third-order valence-corrected chi connectivity index (χ3v) is 0.667. The Morgan fingerprint density at radius 3 is 0.889 bits per heavy atom. The molecule has 1 aromatic rings. The molecule has 0 spiro atoms. The maximum absolute atomic E-state index is 3.12. The van der Waals surface area contributed by atoms with Crippen LogP contribution in [0.4, 0.5) is 0 Å². The van der Waals surface area contributed by atoms with Crippen LogP contribution in [0.3, 0.4) is 0 Å². The second-order valence-electron chi connectivity index (χ2n) is 1.21. The zero-order valence-corrected chi connectivity index (χ0v) is 9.51. The zero-order chi connectivity index (χ0) is 6.95. The van der Waals surface area contributed by atoms with Crippen molar-refractivity contribution in [3.05, 3.63) is 36.4 Å². The summed E-state index contributed by atoms with van der Waals surface area (Å²) in [6.45, 7) is 0. The van der Waals surface area contributed by atoms with Crippen molar-refractivity contribution in [2.24, 2.45) is 0 Å². The maximum Gasteiger partial charge on any atom is -0.0623 e. The molecule has 0 fully saturated rings. The number of benzene rings is 1. The van der Waals surface area contributed by atoms with Crippen LogP contribution >= 0.6 is 28.2 Å². The second kappa shape index (κ2) is 8.70. The van der Waals surface area contributed by atoms with Crippen molar-refractivity contribution in [1.82, 2.24) is 0 Å². The molecule has 0 aliphatic carbocycles. The van der Waals surface area contributed by atoms with Crippen LogP contribution in [0.25, 0.3) is 0 Å². The molecule has 0 radical (unpaired) electrons. The predicted octanol–water partition coefficient (Wildman–Crippen LogP) is 3.00. The molecule has 0 heterocycles. The molecule has 0 aromatic heterocycles. The van der Waals surface area contributed by atoms with E-state index in [4.69, 9.17) is 0 Å². The van der Waals surface area contributed by atoms with Crippen LogP contribution in [0.15, 0.2) is 36.4 Å². The molecule has 0 saturated carbocycles. The van der Waals surface area contributed by atoms with Gasteiger partial charge in [-0.15, -0.1) is 0 Å². The van der Waals surface area contributed by atoms with Gasteiger partial charge in [-0.3, -0.25) is 0 Å². The molecule has 0 N–H and O–H groups in total. The van der Waals surface area contributed by atoms with Gasteiger partial charge in [-0.05, 0) is 0 Å². The fourth-order valence-electron chi connectivity index (χ4n) is 0.385. The van der Waals surface area contributed by atoms with Crippen molar-refractivity contribution < 1.29 is 0 Å². The van der Waals surface area contributed by atoms with E-state index < -0.39 is 0 Å². The van der Waals surface area contributed by atoms with E-state index in [1.165, 1.54) is 0 Å². The van der Waals surface area contributed by atoms with Gasteiger partial charge >= 0.3 is 39.6 Å². The van der Waals surface area contributed by atoms with Gasteiger partial charge in [0.05, 0.1) is 0 Å². The summed E-state index contributed by atoms with van der Waals surface area (Å²) in [5.74, 6) is 0. The average Bonchev–Trinajstić information content (AvgIpc) is 1.93. The molecule has 0 aliphatic heterocycles. The topological polar surface area (TPSA) is 0 Å². The molecular formula is C6H6Br2Se. The quantitative estimate of drug-likeness (QED) is 0.646. The largest absolute Gasteiger partial charge is 0.0623 e. The molecule has 0 nitrogen and oxygen atoms in total. The Morgan fingerprint density at radius 1 is 0.667 bits per heavy atom. The minimum absolute atomic E-state index is 0.500. The van der Waals surface area contributed by atoms with Gasteiger partial charge in [0, 0.05) is 0 Å². The normalized spacial score (nSPS) is 7.33. The molecule has 3 heteroatoms.